The molecule has 60 heavy (non-hydrogen) atoms. The van der Waals surface area contributed by atoms with Gasteiger partial charge in [-0.3, -0.25) is 0 Å². The Balaban J connectivity index is 1.17. The first-order valence-corrected chi connectivity index (χ1v) is 21.7. The monoisotopic (exact) mass is 785 g/mol. The van der Waals surface area contributed by atoms with Gasteiger partial charge in [0.25, 0.3) is 6.71 Å². The van der Waals surface area contributed by atoms with Crippen LogP contribution in [0.2, 0.25) is 0 Å². The van der Waals surface area contributed by atoms with Crippen molar-refractivity contribution in [1.82, 2.24) is 4.57 Å². The molecule has 3 aromatic heterocycles. The van der Waals surface area contributed by atoms with E-state index in [4.69, 9.17) is 4.42 Å². The molecule has 3 aliphatic rings. The van der Waals surface area contributed by atoms with Crippen molar-refractivity contribution in [1.29, 1.82) is 0 Å². The number of furan rings is 1. The second-order valence-corrected chi connectivity index (χ2v) is 18.7. The molecule has 0 aliphatic carbocycles. The van der Waals surface area contributed by atoms with Crippen LogP contribution in [0.5, 0.6) is 0 Å². The van der Waals surface area contributed by atoms with Gasteiger partial charge in [0.05, 0.1) is 44.9 Å². The third-order valence-corrected chi connectivity index (χ3v) is 14.6. The third kappa shape index (κ3) is 4.11. The second-order valence-electron chi connectivity index (χ2n) is 17.7. The van der Waals surface area contributed by atoms with Gasteiger partial charge in [0.1, 0.15) is 11.2 Å². The molecule has 14 rings (SSSR count). The van der Waals surface area contributed by atoms with E-state index in [1.165, 1.54) is 98.4 Å². The Bertz CT molecular complexity index is 3680. The highest BCUT2D eigenvalue weighted by atomic mass is 32.1. The zero-order chi connectivity index (χ0) is 39.6. The van der Waals surface area contributed by atoms with Crippen LogP contribution in [0.4, 0.5) is 34.1 Å². The topological polar surface area (TPSA) is 24.6 Å². The number of benzene rings is 8. The lowest BCUT2D eigenvalue weighted by atomic mass is 9.36. The molecule has 0 atom stereocenters. The average Bonchev–Trinajstić information content (AvgIpc) is 3.96. The summed E-state index contributed by atoms with van der Waals surface area (Å²) in [6.07, 6.45) is 0. The molecule has 0 unspecified atom stereocenters. The lowest BCUT2D eigenvalue weighted by molar-refractivity contribution is 0.590. The lowest BCUT2D eigenvalue weighted by Gasteiger charge is -2.46. The Morgan fingerprint density at radius 2 is 1.20 bits per heavy atom. The molecular weight excluding hydrogens is 749 g/mol. The molecule has 4 nitrogen and oxygen atoms in total. The molecule has 282 valence electrons. The number of hydrogen-bond donors (Lipinski definition) is 0. The van der Waals surface area contributed by atoms with Crippen LogP contribution in [0.3, 0.4) is 0 Å². The van der Waals surface area contributed by atoms with Crippen molar-refractivity contribution in [3.63, 3.8) is 0 Å². The molecule has 8 aromatic carbocycles. The van der Waals surface area contributed by atoms with Gasteiger partial charge in [-0.15, -0.1) is 11.3 Å². The number of aromatic nitrogens is 1. The Morgan fingerprint density at radius 1 is 0.517 bits per heavy atom. The van der Waals surface area contributed by atoms with Crippen LogP contribution in [0, 0.1) is 0 Å². The second kappa shape index (κ2) is 11.4. The minimum Gasteiger partial charge on any atom is -0.456 e. The normalized spacial score (nSPS) is 13.8. The third-order valence-electron chi connectivity index (χ3n) is 13.4. The smallest absolute Gasteiger partial charge is 0.264 e. The van der Waals surface area contributed by atoms with E-state index in [9.17, 15) is 0 Å². The maximum atomic E-state index is 6.62. The van der Waals surface area contributed by atoms with Gasteiger partial charge in [-0.25, -0.2) is 0 Å². The van der Waals surface area contributed by atoms with Crippen molar-refractivity contribution in [2.75, 3.05) is 9.80 Å². The Morgan fingerprint density at radius 3 is 2.05 bits per heavy atom. The summed E-state index contributed by atoms with van der Waals surface area (Å²) in [6, 6.07) is 60.9. The SMILES string of the molecule is CC(C)(C)c1cc2c3c(c1)N1c4c(cccc4-n4c5ccccc5c5cccc1c54)B3c1sc3ccc(-c4ccccc4)cc3c1N2c1cccc2oc3ccccc3c12. The number of para-hydroxylation sites is 4. The fourth-order valence-electron chi connectivity index (χ4n) is 10.8. The maximum absolute atomic E-state index is 6.62. The quantitative estimate of drug-likeness (QED) is 0.163. The molecule has 0 saturated heterocycles. The van der Waals surface area contributed by atoms with E-state index >= 15 is 0 Å². The van der Waals surface area contributed by atoms with E-state index in [1.807, 2.05) is 11.3 Å². The Labute approximate surface area is 351 Å². The van der Waals surface area contributed by atoms with E-state index in [0.717, 1.165) is 27.6 Å². The summed E-state index contributed by atoms with van der Waals surface area (Å²) in [4.78, 5) is 5.24. The highest BCUT2D eigenvalue weighted by molar-refractivity contribution is 7.33. The van der Waals surface area contributed by atoms with Crippen LogP contribution in [-0.2, 0) is 5.41 Å². The van der Waals surface area contributed by atoms with Gasteiger partial charge in [0.15, 0.2) is 0 Å². The molecule has 0 amide bonds. The molecular formula is C54H36BN3OS. The average molecular weight is 786 g/mol. The van der Waals surface area contributed by atoms with E-state index < -0.39 is 0 Å². The molecule has 11 aromatic rings. The van der Waals surface area contributed by atoms with E-state index in [0.29, 0.717) is 0 Å². The molecule has 0 N–H and O–H groups in total. The number of fused-ring (bicyclic) bond motifs is 14. The summed E-state index contributed by atoms with van der Waals surface area (Å²) in [5.41, 5.74) is 19.2. The summed E-state index contributed by atoms with van der Waals surface area (Å²) in [5, 5.41) is 6.09. The van der Waals surface area contributed by atoms with Gasteiger partial charge in [-0.2, -0.15) is 0 Å². The molecule has 0 saturated carbocycles. The summed E-state index contributed by atoms with van der Waals surface area (Å²) < 4.78 is 11.8. The minimum absolute atomic E-state index is 0.0157. The van der Waals surface area contributed by atoms with E-state index in [1.54, 1.807) is 0 Å². The zero-order valence-corrected chi connectivity index (χ0v) is 34.1. The summed E-state index contributed by atoms with van der Waals surface area (Å²) in [5.74, 6) is 0. The molecule has 0 fully saturated rings. The van der Waals surface area contributed by atoms with Gasteiger partial charge in [0.2, 0.25) is 0 Å². The van der Waals surface area contributed by atoms with E-state index in [2.05, 4.69) is 199 Å². The zero-order valence-electron chi connectivity index (χ0n) is 33.3. The first-order chi connectivity index (χ1) is 29.4. The predicted octanol–water partition coefficient (Wildman–Crippen LogP) is 13.3. The first kappa shape index (κ1) is 32.9. The standard InChI is InChI=1S/C54H36BN3OS/c1-54(2,3)33-29-43-49-44(30-33)58-41-22-11-18-35-34-16-7-9-20-39(34)56(50(35)41)42-23-12-19-38(52(42)58)55(49)53-51(37-28-32(26-27-47(37)60-53)31-14-5-4-6-15-31)57(43)40-21-13-25-46-48(40)36-17-8-10-24-45(36)59-46/h4-30H,1-3H3. The van der Waals surface area contributed by atoms with Gasteiger partial charge >= 0.3 is 0 Å². The predicted molar refractivity (Wildman–Crippen MR) is 255 cm³/mol. The fraction of sp³-hybridized carbons (Fsp3) is 0.0741. The van der Waals surface area contributed by atoms with Crippen molar-refractivity contribution in [3.8, 4) is 16.8 Å². The molecule has 0 radical (unpaired) electrons. The van der Waals surface area contributed by atoms with Crippen molar-refractivity contribution in [3.05, 3.63) is 169 Å². The van der Waals surface area contributed by atoms with Crippen LogP contribution in [0.25, 0.3) is 70.6 Å². The van der Waals surface area contributed by atoms with Gasteiger partial charge < -0.3 is 18.8 Å². The summed E-state index contributed by atoms with van der Waals surface area (Å²) in [6.45, 7) is 7.07. The van der Waals surface area contributed by atoms with Crippen LogP contribution >= 0.6 is 11.3 Å². The number of hydrogen-bond acceptors (Lipinski definition) is 4. The number of nitrogens with zero attached hydrogens (tertiary/aromatic N) is 3. The number of rotatable bonds is 2. The molecule has 0 spiro atoms. The number of thiophene rings is 1. The van der Waals surface area contributed by atoms with Crippen molar-refractivity contribution in [2.24, 2.45) is 0 Å². The van der Waals surface area contributed by atoms with Gasteiger partial charge in [-0.05, 0) is 93.7 Å². The van der Waals surface area contributed by atoms with Crippen molar-refractivity contribution >= 4 is 122 Å². The first-order valence-electron chi connectivity index (χ1n) is 20.9. The molecule has 0 bridgehead atoms. The molecule has 6 heterocycles. The van der Waals surface area contributed by atoms with Gasteiger partial charge in [-0.1, -0.05) is 124 Å². The lowest BCUT2D eigenvalue weighted by Crippen LogP contribution is -2.61. The highest BCUT2D eigenvalue weighted by Crippen LogP contribution is 2.55. The van der Waals surface area contributed by atoms with E-state index in [-0.39, 0.29) is 12.1 Å². The van der Waals surface area contributed by atoms with Crippen molar-refractivity contribution < 1.29 is 4.42 Å². The largest absolute Gasteiger partial charge is 0.456 e. The number of anilines is 6. The van der Waals surface area contributed by atoms with Crippen LogP contribution in [0.1, 0.15) is 26.3 Å². The summed E-state index contributed by atoms with van der Waals surface area (Å²) in [7, 11) is 0. The molecule has 3 aliphatic heterocycles. The summed E-state index contributed by atoms with van der Waals surface area (Å²) >= 11 is 1.95. The Hall–Kier alpha value is -7.02. The molecule has 6 heteroatoms. The fourth-order valence-corrected chi connectivity index (χ4v) is 12.1. The van der Waals surface area contributed by atoms with Crippen LogP contribution in [0.15, 0.2) is 168 Å². The van der Waals surface area contributed by atoms with Crippen LogP contribution < -0.4 is 25.5 Å². The Kier molecular flexibility index (Phi) is 6.24. The minimum atomic E-state index is -0.130. The highest BCUT2D eigenvalue weighted by Gasteiger charge is 2.48. The van der Waals surface area contributed by atoms with Crippen LogP contribution in [-0.4, -0.2) is 11.3 Å². The van der Waals surface area contributed by atoms with Crippen molar-refractivity contribution in [2.45, 2.75) is 26.2 Å². The maximum Gasteiger partial charge on any atom is 0.264 e. The van der Waals surface area contributed by atoms with Gasteiger partial charge in [0, 0.05) is 42.4 Å².